The van der Waals surface area contributed by atoms with Gasteiger partial charge in [-0.1, -0.05) is 12.8 Å². The lowest BCUT2D eigenvalue weighted by atomic mass is 10.1. The average Bonchev–Trinajstić information content (AvgIpc) is 2.91. The van der Waals surface area contributed by atoms with Gasteiger partial charge in [-0.3, -0.25) is 0 Å². The first-order valence-corrected chi connectivity index (χ1v) is 8.52. The predicted molar refractivity (Wildman–Crippen MR) is 79.9 cm³/mol. The zero-order valence-corrected chi connectivity index (χ0v) is 12.4. The van der Waals surface area contributed by atoms with Crippen LogP contribution in [0.2, 0.25) is 0 Å². The van der Waals surface area contributed by atoms with E-state index in [2.05, 4.69) is 37.1 Å². The number of rotatable bonds is 5. The third-order valence-corrected chi connectivity index (χ3v) is 6.56. The highest BCUT2D eigenvalue weighted by Crippen LogP contribution is 2.39. The largest absolute Gasteiger partial charge is 0.327 e. The lowest BCUT2D eigenvalue weighted by Gasteiger charge is -2.22. The third kappa shape index (κ3) is 3.49. The Morgan fingerprint density at radius 3 is 2.71 bits per heavy atom. The number of aryl methyl sites for hydroxylation is 1. The van der Waals surface area contributed by atoms with Gasteiger partial charge in [0, 0.05) is 10.9 Å². The van der Waals surface area contributed by atoms with Gasteiger partial charge in [0.1, 0.15) is 0 Å². The van der Waals surface area contributed by atoms with E-state index in [4.69, 9.17) is 5.73 Å². The fourth-order valence-corrected chi connectivity index (χ4v) is 5.40. The molecule has 2 N–H and O–H groups in total. The highest BCUT2D eigenvalue weighted by Gasteiger charge is 2.23. The van der Waals surface area contributed by atoms with Crippen LogP contribution in [0.4, 0.5) is 0 Å². The second-order valence-corrected chi connectivity index (χ2v) is 7.35. The monoisotopic (exact) mass is 269 g/mol. The molecule has 2 rings (SSSR count). The molecule has 1 fully saturated rings. The molecule has 0 spiro atoms. The molecule has 0 radical (unpaired) electrons. The Morgan fingerprint density at radius 1 is 1.47 bits per heavy atom. The standard InChI is InChI=1S/C14H23NS2/c1-10-7-8-16-13(10)14(11(2)15)17-9-12-5-3-4-6-12/h7-8,11-12,14H,3-6,9,15H2,1-2H3. The molecule has 1 saturated carbocycles. The van der Waals surface area contributed by atoms with Crippen molar-refractivity contribution in [3.63, 3.8) is 0 Å². The van der Waals surface area contributed by atoms with Crippen molar-refractivity contribution in [3.8, 4) is 0 Å². The highest BCUT2D eigenvalue weighted by atomic mass is 32.2. The van der Waals surface area contributed by atoms with Gasteiger partial charge in [0.25, 0.3) is 0 Å². The molecular weight excluding hydrogens is 246 g/mol. The average molecular weight is 269 g/mol. The molecule has 96 valence electrons. The minimum absolute atomic E-state index is 0.249. The highest BCUT2D eigenvalue weighted by molar-refractivity contribution is 7.99. The van der Waals surface area contributed by atoms with E-state index in [-0.39, 0.29) is 6.04 Å². The van der Waals surface area contributed by atoms with Crippen LogP contribution in [0.1, 0.15) is 48.3 Å². The van der Waals surface area contributed by atoms with Crippen LogP contribution in [-0.2, 0) is 0 Å². The van der Waals surface area contributed by atoms with Crippen molar-refractivity contribution in [1.29, 1.82) is 0 Å². The Kier molecular flexibility index (Phi) is 4.95. The minimum Gasteiger partial charge on any atom is -0.327 e. The Bertz CT molecular complexity index is 340. The van der Waals surface area contributed by atoms with Crippen LogP contribution < -0.4 is 5.73 Å². The van der Waals surface area contributed by atoms with Crippen molar-refractivity contribution < 1.29 is 0 Å². The maximum atomic E-state index is 6.17. The smallest absolute Gasteiger partial charge is 0.0542 e. The first-order valence-electron chi connectivity index (χ1n) is 6.59. The molecule has 1 aliphatic carbocycles. The van der Waals surface area contributed by atoms with Crippen molar-refractivity contribution in [1.82, 2.24) is 0 Å². The van der Waals surface area contributed by atoms with Gasteiger partial charge in [-0.25, -0.2) is 0 Å². The Hall–Kier alpha value is 0.01000. The van der Waals surface area contributed by atoms with Crippen LogP contribution in [0, 0.1) is 12.8 Å². The first kappa shape index (κ1) is 13.4. The fraction of sp³-hybridized carbons (Fsp3) is 0.714. The second kappa shape index (κ2) is 6.26. The molecule has 17 heavy (non-hydrogen) atoms. The van der Waals surface area contributed by atoms with E-state index in [9.17, 15) is 0 Å². The van der Waals surface area contributed by atoms with Gasteiger partial charge in [0.2, 0.25) is 0 Å². The van der Waals surface area contributed by atoms with Gasteiger partial charge in [-0.2, -0.15) is 11.8 Å². The van der Waals surface area contributed by atoms with Crippen LogP contribution >= 0.6 is 23.1 Å². The van der Waals surface area contributed by atoms with Crippen LogP contribution in [0.15, 0.2) is 11.4 Å². The Morgan fingerprint density at radius 2 is 2.18 bits per heavy atom. The van der Waals surface area contributed by atoms with Crippen molar-refractivity contribution >= 4 is 23.1 Å². The molecule has 1 aliphatic rings. The summed E-state index contributed by atoms with van der Waals surface area (Å²) in [6, 6.07) is 2.46. The van der Waals surface area contributed by atoms with Crippen LogP contribution in [0.25, 0.3) is 0 Å². The van der Waals surface area contributed by atoms with E-state index in [1.807, 2.05) is 11.3 Å². The summed E-state index contributed by atoms with van der Waals surface area (Å²) < 4.78 is 0. The van der Waals surface area contributed by atoms with Gasteiger partial charge in [0.05, 0.1) is 5.25 Å². The van der Waals surface area contributed by atoms with E-state index in [1.54, 1.807) is 0 Å². The van der Waals surface area contributed by atoms with Gasteiger partial charge in [0.15, 0.2) is 0 Å². The first-order chi connectivity index (χ1) is 8.18. The summed E-state index contributed by atoms with van der Waals surface area (Å²) in [5.41, 5.74) is 7.58. The predicted octanol–water partition coefficient (Wildman–Crippen LogP) is 4.37. The van der Waals surface area contributed by atoms with E-state index in [1.165, 1.54) is 41.9 Å². The van der Waals surface area contributed by atoms with E-state index in [0.29, 0.717) is 5.25 Å². The molecule has 3 heteroatoms. The van der Waals surface area contributed by atoms with Crippen molar-refractivity contribution in [2.45, 2.75) is 50.8 Å². The molecule has 1 nitrogen and oxygen atoms in total. The molecule has 1 aromatic heterocycles. The molecular formula is C14H23NS2. The number of hydrogen-bond acceptors (Lipinski definition) is 3. The SMILES string of the molecule is Cc1ccsc1C(SCC1CCCC1)C(C)N. The zero-order chi connectivity index (χ0) is 12.3. The van der Waals surface area contributed by atoms with Gasteiger partial charge in [-0.05, 0) is 55.4 Å². The minimum atomic E-state index is 0.249. The summed E-state index contributed by atoms with van der Waals surface area (Å²) in [5.74, 6) is 2.24. The van der Waals surface area contributed by atoms with E-state index >= 15 is 0 Å². The van der Waals surface area contributed by atoms with Crippen molar-refractivity contribution in [2.75, 3.05) is 5.75 Å². The zero-order valence-electron chi connectivity index (χ0n) is 10.8. The normalized spacial score (nSPS) is 20.6. The van der Waals surface area contributed by atoms with Gasteiger partial charge < -0.3 is 5.73 Å². The molecule has 1 aromatic rings. The molecule has 2 atom stereocenters. The van der Waals surface area contributed by atoms with Crippen molar-refractivity contribution in [3.05, 3.63) is 21.9 Å². The molecule has 0 amide bonds. The van der Waals surface area contributed by atoms with Crippen LogP contribution in [0.5, 0.6) is 0 Å². The third-order valence-electron chi connectivity index (χ3n) is 3.62. The van der Waals surface area contributed by atoms with Crippen LogP contribution in [0.3, 0.4) is 0 Å². The number of thioether (sulfide) groups is 1. The molecule has 0 aromatic carbocycles. The summed E-state index contributed by atoms with van der Waals surface area (Å²) in [5, 5.41) is 2.69. The number of thiophene rings is 1. The maximum Gasteiger partial charge on any atom is 0.0542 e. The fourth-order valence-electron chi connectivity index (χ4n) is 2.56. The molecule has 0 bridgehead atoms. The van der Waals surface area contributed by atoms with Gasteiger partial charge in [-0.15, -0.1) is 11.3 Å². The molecule has 0 aliphatic heterocycles. The van der Waals surface area contributed by atoms with E-state index in [0.717, 1.165) is 5.92 Å². The second-order valence-electron chi connectivity index (χ2n) is 5.23. The van der Waals surface area contributed by atoms with Gasteiger partial charge >= 0.3 is 0 Å². The molecule has 2 unspecified atom stereocenters. The maximum absolute atomic E-state index is 6.17. The molecule has 0 saturated heterocycles. The Labute approximate surface area is 113 Å². The number of hydrogen-bond donors (Lipinski definition) is 1. The van der Waals surface area contributed by atoms with Crippen molar-refractivity contribution in [2.24, 2.45) is 11.7 Å². The van der Waals surface area contributed by atoms with E-state index < -0.39 is 0 Å². The summed E-state index contributed by atoms with van der Waals surface area (Å²) in [6.07, 6.45) is 5.74. The summed E-state index contributed by atoms with van der Waals surface area (Å²) in [6.45, 7) is 4.35. The Balaban J connectivity index is 1.95. The van der Waals surface area contributed by atoms with Crippen LogP contribution in [-0.4, -0.2) is 11.8 Å². The summed E-state index contributed by atoms with van der Waals surface area (Å²) >= 11 is 3.95. The molecule has 1 heterocycles. The lowest BCUT2D eigenvalue weighted by Crippen LogP contribution is -2.23. The lowest BCUT2D eigenvalue weighted by molar-refractivity contribution is 0.619. The summed E-state index contributed by atoms with van der Waals surface area (Å²) in [4.78, 5) is 1.49. The topological polar surface area (TPSA) is 26.0 Å². The quantitative estimate of drug-likeness (QED) is 0.859. The summed E-state index contributed by atoms with van der Waals surface area (Å²) in [7, 11) is 0. The number of nitrogens with two attached hydrogens (primary N) is 1.